The predicted molar refractivity (Wildman–Crippen MR) is 71.9 cm³/mol. The van der Waals surface area contributed by atoms with Crippen molar-refractivity contribution in [3.63, 3.8) is 0 Å². The number of hydrogen-bond donors (Lipinski definition) is 0. The Morgan fingerprint density at radius 2 is 0.800 bits per heavy atom. The van der Waals surface area contributed by atoms with Gasteiger partial charge in [-0.05, 0) is 0 Å². The molecule has 0 bridgehead atoms. The van der Waals surface area contributed by atoms with Gasteiger partial charge in [0.2, 0.25) is 0 Å². The van der Waals surface area contributed by atoms with Crippen LogP contribution in [0.2, 0.25) is 0 Å². The van der Waals surface area contributed by atoms with Crippen LogP contribution in [-0.4, -0.2) is 19.4 Å². The van der Waals surface area contributed by atoms with E-state index in [-0.39, 0.29) is 70.2 Å². The fourth-order valence-electron chi connectivity index (χ4n) is 0. The van der Waals surface area contributed by atoms with E-state index in [2.05, 4.69) is 0 Å². The third-order valence-electron chi connectivity index (χ3n) is 0. The highest BCUT2D eigenvalue weighted by Gasteiger charge is 1.12. The summed E-state index contributed by atoms with van der Waals surface area (Å²) in [7, 11) is 0. The fourth-order valence-corrected chi connectivity index (χ4v) is 0. The van der Waals surface area contributed by atoms with Gasteiger partial charge in [0.25, 0.3) is 0 Å². The first kappa shape index (κ1) is 156. The average molecular weight is 231 g/mol. The highest BCUT2D eigenvalue weighted by molar-refractivity contribution is 7.59. The minimum absolute atomic E-state index is 0. The van der Waals surface area contributed by atoms with Crippen molar-refractivity contribution in [3.8, 4) is 0 Å². The van der Waals surface area contributed by atoms with Crippen LogP contribution in [-0.2, 0) is 11.6 Å². The van der Waals surface area contributed by atoms with Gasteiger partial charge in [-0.1, -0.05) is 22.3 Å². The van der Waals surface area contributed by atoms with Crippen molar-refractivity contribution in [3.05, 3.63) is 0 Å². The molecule has 0 fully saturated rings. The molecule has 0 saturated heterocycles. The van der Waals surface area contributed by atoms with Crippen molar-refractivity contribution in [2.75, 3.05) is 0 Å². The molecule has 4 nitrogen and oxygen atoms in total. The van der Waals surface area contributed by atoms with Crippen LogP contribution in [0, 0.1) is 0 Å². The lowest BCUT2D eigenvalue weighted by Gasteiger charge is -0.947. The first-order chi connectivity index (χ1) is 1.41. The molecule has 7 heteroatoms. The Morgan fingerprint density at radius 1 is 0.800 bits per heavy atom. The van der Waals surface area contributed by atoms with Gasteiger partial charge in [0.05, 0.1) is 0 Å². The smallest absolute Gasteiger partial charge is 0.335 e. The summed E-state index contributed by atoms with van der Waals surface area (Å²) in [6.45, 7) is 0. The lowest BCUT2D eigenvalue weighted by atomic mass is 12.0. The van der Waals surface area contributed by atoms with Gasteiger partial charge in [-0.15, -0.1) is 0 Å². The van der Waals surface area contributed by atoms with Crippen LogP contribution >= 0.6 is 27.0 Å². The summed E-state index contributed by atoms with van der Waals surface area (Å²) in [5.74, 6) is 0. The van der Waals surface area contributed by atoms with Crippen LogP contribution in [0.3, 0.4) is 0 Å². The van der Waals surface area contributed by atoms with E-state index >= 15 is 0 Å². The topological polar surface area (TPSA) is 97.1 Å². The van der Waals surface area contributed by atoms with Gasteiger partial charge in [-0.2, -0.15) is 35.4 Å². The van der Waals surface area contributed by atoms with Gasteiger partial charge in [0.15, 0.2) is 0 Å². The Hall–Kier alpha value is 0.440. The summed E-state index contributed by atoms with van der Waals surface area (Å²) in [4.78, 5) is 0. The minimum atomic E-state index is -0.750. The van der Waals surface area contributed by atoms with E-state index in [9.17, 15) is 0 Å². The molecule has 0 aliphatic heterocycles. The summed E-state index contributed by atoms with van der Waals surface area (Å²) < 4.78 is 16.6. The van der Waals surface area contributed by atoms with Crippen molar-refractivity contribution in [1.82, 2.24) is 0 Å². The van der Waals surface area contributed by atoms with Crippen LogP contribution in [0.25, 0.3) is 0 Å². The summed E-state index contributed by atoms with van der Waals surface area (Å²) in [6, 6.07) is 0. The molecule has 0 amide bonds. The van der Waals surface area contributed by atoms with Crippen molar-refractivity contribution >= 4 is 38.6 Å². The highest BCUT2D eigenvalue weighted by atomic mass is 32.1. The molecular weight excluding hydrogens is 196 g/mol. The predicted octanol–water partition coefficient (Wildman–Crippen LogP) is 1.54. The van der Waals surface area contributed by atoms with E-state index in [1.165, 1.54) is 0 Å². The molecule has 88 valence electrons. The van der Waals surface area contributed by atoms with Crippen LogP contribution in [0.4, 0.5) is 0 Å². The zero-order chi connectivity index (χ0) is 2.71. The molecule has 0 aromatic heterocycles. The molecule has 0 heterocycles. The number of hydrogen-bond acceptors (Lipinski definition) is 2. The first-order valence-electron chi connectivity index (χ1n) is 0.333. The molecule has 10 heavy (non-hydrogen) atoms. The second kappa shape index (κ2) is 324. The largest absolute Gasteiger partial charge is 0.412 e. The molecule has 0 radical (unpaired) electrons. The van der Waals surface area contributed by atoms with Crippen LogP contribution in [0.1, 0.15) is 32.3 Å². The van der Waals surface area contributed by atoms with Crippen molar-refractivity contribution < 1.29 is 29.4 Å². The van der Waals surface area contributed by atoms with E-state index in [1.807, 2.05) is 0 Å². The summed E-state index contributed by atoms with van der Waals surface area (Å²) >= 11 is -0.750. The van der Waals surface area contributed by atoms with Crippen LogP contribution in [0.5, 0.6) is 0 Å². The molecule has 0 unspecified atom stereocenters. The van der Waals surface area contributed by atoms with Crippen molar-refractivity contribution in [1.29, 1.82) is 0 Å². The van der Waals surface area contributed by atoms with Gasteiger partial charge in [-0.25, -0.2) is 0 Å². The van der Waals surface area contributed by atoms with E-state index in [1.54, 1.807) is 0 Å². The van der Waals surface area contributed by atoms with E-state index in [0.29, 0.717) is 0 Å². The maximum absolute atomic E-state index is 8.29. The molecule has 4 N–H and O–H groups in total. The highest BCUT2D eigenvalue weighted by Crippen LogP contribution is 0.846. The second-order valence-corrected chi connectivity index (χ2v) is 0.204. The molecule has 0 rings (SSSR count). The van der Waals surface area contributed by atoms with Gasteiger partial charge in [0.1, 0.15) is 0 Å². The van der Waals surface area contributed by atoms with Gasteiger partial charge >= 0.3 is 11.6 Å². The van der Waals surface area contributed by atoms with Gasteiger partial charge < -0.3 is 11.0 Å². The fraction of sp³-hybridized carbons (Fsp3) is 1.00. The molecule has 0 saturated carbocycles. The van der Waals surface area contributed by atoms with Crippen LogP contribution < -0.4 is 0 Å². The zero-order valence-corrected chi connectivity index (χ0v) is 6.04. The first-order valence-corrected chi connectivity index (χ1v) is 1.00. The Balaban J connectivity index is -0.000000000220. The zero-order valence-electron chi connectivity index (χ0n) is 3.22. The Kier molecular flexibility index (Phi) is 5070. The molecule has 0 atom stereocenters. The summed E-state index contributed by atoms with van der Waals surface area (Å²) in [5, 5.41) is 0. The molecule has 0 aromatic carbocycles. The van der Waals surface area contributed by atoms with E-state index < -0.39 is 11.6 Å². The average Bonchev–Trinajstić information content (AvgIpc) is 0.918. The molecule has 0 aliphatic carbocycles. The van der Waals surface area contributed by atoms with Crippen molar-refractivity contribution in [2.24, 2.45) is 0 Å². The molecule has 0 aromatic rings. The maximum atomic E-state index is 8.29. The third-order valence-corrected chi connectivity index (χ3v) is 0. The Morgan fingerprint density at radius 3 is 0.800 bits per heavy atom. The Bertz CT molecular complexity index is 53.3. The van der Waals surface area contributed by atoms with Gasteiger partial charge in [0, 0.05) is 9.99 Å². The van der Waals surface area contributed by atoms with E-state index in [4.69, 9.17) is 8.42 Å². The lowest BCUT2D eigenvalue weighted by molar-refractivity contribution is 0.630. The quantitative estimate of drug-likeness (QED) is 0.630. The molecular formula is C3H34O4S3. The summed E-state index contributed by atoms with van der Waals surface area (Å²) in [6.07, 6.45) is 0. The molecule has 0 aliphatic rings. The normalized spacial score (nSPS) is 1.20. The second-order valence-electron chi connectivity index (χ2n) is 0.0680. The summed E-state index contributed by atoms with van der Waals surface area (Å²) in [5.41, 5.74) is 0. The SMILES string of the molecule is C.C.C.O.O.O=S=O.S.S.[HH].[HH].[HH].[HH].[HH].[HH].[HH]. The Labute approximate surface area is 90.9 Å². The lowest BCUT2D eigenvalue weighted by Crippen LogP contribution is -1.18. The maximum Gasteiger partial charge on any atom is 0.335 e. The third kappa shape index (κ3) is 2410. The van der Waals surface area contributed by atoms with Gasteiger partial charge in [-0.3, -0.25) is 0 Å². The molecule has 0 spiro atoms. The minimum Gasteiger partial charge on any atom is -0.412 e. The standard InChI is InChI=1S/3CH4.O2S.2H2O.2H2S.7H2/c;;;1-3-2;;;;;;;;;;;/h3*1H4;;4*1H2;7*1H. The van der Waals surface area contributed by atoms with E-state index in [0.717, 1.165) is 0 Å². The monoisotopic (exact) mass is 230 g/mol. The van der Waals surface area contributed by atoms with Crippen molar-refractivity contribution in [2.45, 2.75) is 22.3 Å². The number of rotatable bonds is 0. The van der Waals surface area contributed by atoms with Crippen LogP contribution in [0.15, 0.2) is 0 Å².